The molecule has 0 saturated carbocycles. The number of rotatable bonds is 6. The summed E-state index contributed by atoms with van der Waals surface area (Å²) in [6, 6.07) is 9.25. The van der Waals surface area contributed by atoms with Gasteiger partial charge in [0.1, 0.15) is 23.5 Å². The lowest BCUT2D eigenvalue weighted by Gasteiger charge is -2.21. The van der Waals surface area contributed by atoms with Crippen molar-refractivity contribution in [2.45, 2.75) is 46.1 Å². The zero-order chi connectivity index (χ0) is 14.3. The fraction of sp³-hybridized carbons (Fsp3) is 0.500. The Kier molecular flexibility index (Phi) is 5.90. The van der Waals surface area contributed by atoms with Crippen LogP contribution in [0.25, 0.3) is 0 Å². The van der Waals surface area contributed by atoms with Crippen LogP contribution >= 0.6 is 0 Å². The molecule has 3 heteroatoms. The van der Waals surface area contributed by atoms with E-state index in [0.29, 0.717) is 22.8 Å². The van der Waals surface area contributed by atoms with Crippen LogP contribution in [0.4, 0.5) is 0 Å². The Bertz CT molecular complexity index is 496. The molecule has 0 bridgehead atoms. The third-order valence-electron chi connectivity index (χ3n) is 3.37. The van der Waals surface area contributed by atoms with Crippen molar-refractivity contribution in [3.05, 3.63) is 29.3 Å². The first-order valence-corrected chi connectivity index (χ1v) is 6.76. The summed E-state index contributed by atoms with van der Waals surface area (Å²) >= 11 is 0. The van der Waals surface area contributed by atoms with E-state index in [1.54, 1.807) is 18.2 Å². The average molecular weight is 256 g/mol. The predicted octanol–water partition coefficient (Wildman–Crippen LogP) is 4.02. The fourth-order valence-corrected chi connectivity index (χ4v) is 1.93. The molecule has 0 aromatic heterocycles. The van der Waals surface area contributed by atoms with Gasteiger partial charge in [-0.3, -0.25) is 0 Å². The molecule has 0 aliphatic rings. The number of ether oxygens (including phenoxy) is 1. The van der Waals surface area contributed by atoms with Crippen molar-refractivity contribution in [3.63, 3.8) is 0 Å². The highest BCUT2D eigenvalue weighted by Crippen LogP contribution is 2.25. The minimum absolute atomic E-state index is 0.0935. The van der Waals surface area contributed by atoms with E-state index in [9.17, 15) is 0 Å². The van der Waals surface area contributed by atoms with Crippen molar-refractivity contribution in [2.75, 3.05) is 0 Å². The lowest BCUT2D eigenvalue weighted by atomic mass is 9.99. The molecule has 2 atom stereocenters. The highest BCUT2D eigenvalue weighted by molar-refractivity contribution is 5.53. The fourth-order valence-electron chi connectivity index (χ4n) is 1.93. The van der Waals surface area contributed by atoms with Crippen molar-refractivity contribution in [2.24, 2.45) is 5.92 Å². The molecular formula is C16H20N2O. The van der Waals surface area contributed by atoms with Crippen molar-refractivity contribution < 1.29 is 4.74 Å². The van der Waals surface area contributed by atoms with E-state index < -0.39 is 0 Å². The van der Waals surface area contributed by atoms with Gasteiger partial charge in [-0.1, -0.05) is 33.3 Å². The Morgan fingerprint density at radius 3 is 2.42 bits per heavy atom. The summed E-state index contributed by atoms with van der Waals surface area (Å²) in [6.07, 6.45) is 3.07. The van der Waals surface area contributed by atoms with E-state index in [-0.39, 0.29) is 6.10 Å². The second-order valence-electron chi connectivity index (χ2n) is 4.80. The molecule has 19 heavy (non-hydrogen) atoms. The molecule has 0 fully saturated rings. The van der Waals surface area contributed by atoms with Crippen LogP contribution < -0.4 is 4.74 Å². The smallest absolute Gasteiger partial charge is 0.138 e. The molecule has 1 aromatic rings. The van der Waals surface area contributed by atoms with Crippen LogP contribution in [0.5, 0.6) is 5.75 Å². The topological polar surface area (TPSA) is 56.8 Å². The highest BCUT2D eigenvalue weighted by atomic mass is 16.5. The summed E-state index contributed by atoms with van der Waals surface area (Å²) in [5.74, 6) is 1.12. The van der Waals surface area contributed by atoms with E-state index in [4.69, 9.17) is 15.3 Å². The van der Waals surface area contributed by atoms with Crippen LogP contribution in [0.1, 0.15) is 51.2 Å². The van der Waals surface area contributed by atoms with E-state index >= 15 is 0 Å². The van der Waals surface area contributed by atoms with Crippen LogP contribution in [-0.4, -0.2) is 6.10 Å². The number of nitrogens with zero attached hydrogens (tertiary/aromatic N) is 2. The van der Waals surface area contributed by atoms with Crippen LogP contribution in [0.15, 0.2) is 18.2 Å². The third kappa shape index (κ3) is 4.00. The average Bonchev–Trinajstić information content (AvgIpc) is 2.45. The Morgan fingerprint density at radius 1 is 1.16 bits per heavy atom. The number of benzene rings is 1. The van der Waals surface area contributed by atoms with Crippen molar-refractivity contribution in [3.8, 4) is 17.9 Å². The lowest BCUT2D eigenvalue weighted by molar-refractivity contribution is 0.165. The maximum Gasteiger partial charge on any atom is 0.138 e. The zero-order valence-corrected chi connectivity index (χ0v) is 11.8. The second-order valence-corrected chi connectivity index (χ2v) is 4.80. The summed E-state index contributed by atoms with van der Waals surface area (Å²) in [5, 5.41) is 18.2. The van der Waals surface area contributed by atoms with Crippen molar-refractivity contribution in [1.82, 2.24) is 0 Å². The van der Waals surface area contributed by atoms with E-state index in [0.717, 1.165) is 19.3 Å². The molecule has 0 aliphatic carbocycles. The first kappa shape index (κ1) is 15.1. The molecule has 100 valence electrons. The second kappa shape index (κ2) is 7.44. The largest absolute Gasteiger partial charge is 0.489 e. The molecule has 0 saturated heterocycles. The van der Waals surface area contributed by atoms with Gasteiger partial charge in [0.15, 0.2) is 0 Å². The molecule has 0 amide bonds. The number of nitriles is 2. The van der Waals surface area contributed by atoms with Gasteiger partial charge >= 0.3 is 0 Å². The van der Waals surface area contributed by atoms with Crippen LogP contribution in [0, 0.1) is 28.6 Å². The molecule has 0 N–H and O–H groups in total. The summed E-state index contributed by atoms with van der Waals surface area (Å²) in [7, 11) is 0. The molecular weight excluding hydrogens is 236 g/mol. The predicted molar refractivity (Wildman–Crippen MR) is 74.7 cm³/mol. The molecule has 0 heterocycles. The Hall–Kier alpha value is -2.00. The van der Waals surface area contributed by atoms with Crippen LogP contribution in [0.2, 0.25) is 0 Å². The molecule has 1 aromatic carbocycles. The quantitative estimate of drug-likeness (QED) is 0.772. The SMILES string of the molecule is CCC(C)CC(CC)Oc1cccc(C#N)c1C#N. The van der Waals surface area contributed by atoms with Crippen LogP contribution in [0.3, 0.4) is 0 Å². The standard InChI is InChI=1S/C16H20N2O/c1-4-12(3)9-14(5-2)19-16-8-6-7-13(10-17)15(16)11-18/h6-8,12,14H,4-5,9H2,1-3H3. The summed E-state index contributed by atoms with van der Waals surface area (Å²) in [5.41, 5.74) is 0.714. The van der Waals surface area contributed by atoms with Gasteiger partial charge in [-0.05, 0) is 30.9 Å². The van der Waals surface area contributed by atoms with Gasteiger partial charge in [0, 0.05) is 0 Å². The van der Waals surface area contributed by atoms with E-state index in [1.807, 2.05) is 6.07 Å². The molecule has 0 spiro atoms. The van der Waals surface area contributed by atoms with Gasteiger partial charge in [0.25, 0.3) is 0 Å². The minimum atomic E-state index is 0.0935. The minimum Gasteiger partial charge on any atom is -0.489 e. The summed E-state index contributed by atoms with van der Waals surface area (Å²) in [6.45, 7) is 6.44. The summed E-state index contributed by atoms with van der Waals surface area (Å²) in [4.78, 5) is 0. The first-order chi connectivity index (χ1) is 9.15. The Morgan fingerprint density at radius 2 is 1.89 bits per heavy atom. The van der Waals surface area contributed by atoms with Gasteiger partial charge in [-0.15, -0.1) is 0 Å². The molecule has 0 radical (unpaired) electrons. The maximum absolute atomic E-state index is 9.16. The van der Waals surface area contributed by atoms with Gasteiger partial charge in [-0.25, -0.2) is 0 Å². The van der Waals surface area contributed by atoms with Gasteiger partial charge in [0.05, 0.1) is 11.7 Å². The Balaban J connectivity index is 2.92. The molecule has 1 rings (SSSR count). The summed E-state index contributed by atoms with van der Waals surface area (Å²) < 4.78 is 5.93. The molecule has 3 nitrogen and oxygen atoms in total. The molecule has 2 unspecified atom stereocenters. The van der Waals surface area contributed by atoms with Crippen LogP contribution in [-0.2, 0) is 0 Å². The van der Waals surface area contributed by atoms with Crippen molar-refractivity contribution in [1.29, 1.82) is 10.5 Å². The first-order valence-electron chi connectivity index (χ1n) is 6.76. The van der Waals surface area contributed by atoms with Gasteiger partial charge in [-0.2, -0.15) is 10.5 Å². The molecule has 0 aliphatic heterocycles. The van der Waals surface area contributed by atoms with Gasteiger partial charge in [0.2, 0.25) is 0 Å². The van der Waals surface area contributed by atoms with Gasteiger partial charge < -0.3 is 4.74 Å². The number of hydrogen-bond acceptors (Lipinski definition) is 3. The monoisotopic (exact) mass is 256 g/mol. The van der Waals surface area contributed by atoms with E-state index in [1.165, 1.54) is 0 Å². The third-order valence-corrected chi connectivity index (χ3v) is 3.37. The highest BCUT2D eigenvalue weighted by Gasteiger charge is 2.15. The van der Waals surface area contributed by atoms with Crippen molar-refractivity contribution >= 4 is 0 Å². The lowest BCUT2D eigenvalue weighted by Crippen LogP contribution is -2.19. The zero-order valence-electron chi connectivity index (χ0n) is 11.8. The normalized spacial score (nSPS) is 13.1. The Labute approximate surface area is 115 Å². The number of hydrogen-bond donors (Lipinski definition) is 0. The van der Waals surface area contributed by atoms with E-state index in [2.05, 4.69) is 26.8 Å². The maximum atomic E-state index is 9.16.